The van der Waals surface area contributed by atoms with Gasteiger partial charge in [0, 0.05) is 74.5 Å². The van der Waals surface area contributed by atoms with Crippen LogP contribution >= 0.6 is 0 Å². The topological polar surface area (TPSA) is 109 Å². The summed E-state index contributed by atoms with van der Waals surface area (Å²) >= 11 is 0. The molecule has 3 aromatic rings. The molecular weight excluding hydrogens is 484 g/mol. The summed E-state index contributed by atoms with van der Waals surface area (Å²) in [6.07, 6.45) is 4.39. The lowest BCUT2D eigenvalue weighted by Gasteiger charge is -2.29. The van der Waals surface area contributed by atoms with E-state index in [0.717, 1.165) is 65.5 Å². The molecule has 0 bridgehead atoms. The van der Waals surface area contributed by atoms with E-state index in [9.17, 15) is 4.79 Å². The maximum atomic E-state index is 13.4. The maximum absolute atomic E-state index is 13.4. The number of benzene rings is 1. The summed E-state index contributed by atoms with van der Waals surface area (Å²) in [5.41, 5.74) is 5.42. The zero-order chi connectivity index (χ0) is 26.1. The number of nitrogens with zero attached hydrogens (tertiary/aromatic N) is 7. The van der Waals surface area contributed by atoms with Crippen LogP contribution in [-0.4, -0.2) is 96.9 Å². The second-order valence-electron chi connectivity index (χ2n) is 9.58. The van der Waals surface area contributed by atoms with Crippen LogP contribution in [0.5, 0.6) is 0 Å². The Hall–Kier alpha value is -3.83. The molecule has 3 aliphatic heterocycles. The van der Waals surface area contributed by atoms with Crippen molar-refractivity contribution in [2.45, 2.75) is 13.3 Å². The molecule has 3 aliphatic rings. The molecule has 1 N–H and O–H groups in total. The first-order chi connectivity index (χ1) is 18.6. The number of nitrogens with one attached hydrogen (secondary N) is 1. The Kier molecular flexibility index (Phi) is 6.77. The number of carbonyl (C=O) groups is 1. The molecule has 0 radical (unpaired) electrons. The Balaban J connectivity index is 1.42. The van der Waals surface area contributed by atoms with Crippen molar-refractivity contribution in [2.24, 2.45) is 0 Å². The Labute approximate surface area is 221 Å². The Bertz CT molecular complexity index is 1320. The van der Waals surface area contributed by atoms with Crippen molar-refractivity contribution in [3.05, 3.63) is 47.3 Å². The van der Waals surface area contributed by atoms with E-state index < -0.39 is 0 Å². The fourth-order valence-corrected chi connectivity index (χ4v) is 5.29. The van der Waals surface area contributed by atoms with E-state index in [0.29, 0.717) is 51.4 Å². The van der Waals surface area contributed by atoms with E-state index in [-0.39, 0.29) is 5.91 Å². The van der Waals surface area contributed by atoms with Gasteiger partial charge >= 0.3 is 0 Å². The first-order valence-electron chi connectivity index (χ1n) is 13.1. The van der Waals surface area contributed by atoms with Crippen molar-refractivity contribution < 1.29 is 14.3 Å². The van der Waals surface area contributed by atoms with Crippen LogP contribution in [0.4, 0.5) is 23.4 Å². The fourth-order valence-electron chi connectivity index (χ4n) is 5.29. The lowest BCUT2D eigenvalue weighted by molar-refractivity contribution is 0.0302. The zero-order valence-electron chi connectivity index (χ0n) is 21.8. The molecule has 2 saturated heterocycles. The van der Waals surface area contributed by atoms with E-state index in [2.05, 4.69) is 31.2 Å². The average Bonchev–Trinajstić information content (AvgIpc) is 3.41. The monoisotopic (exact) mass is 516 g/mol. The number of amides is 1. The minimum atomic E-state index is 0.0474. The summed E-state index contributed by atoms with van der Waals surface area (Å²) in [5.74, 6) is 2.15. The summed E-state index contributed by atoms with van der Waals surface area (Å²) in [7, 11) is 1.80. The zero-order valence-corrected chi connectivity index (χ0v) is 21.8. The van der Waals surface area contributed by atoms with Crippen LogP contribution in [0.1, 0.15) is 21.5 Å². The van der Waals surface area contributed by atoms with E-state index in [1.807, 2.05) is 24.0 Å². The number of hydrogen-bond donors (Lipinski definition) is 1. The first-order valence-corrected chi connectivity index (χ1v) is 13.1. The van der Waals surface area contributed by atoms with Gasteiger partial charge in [-0.25, -0.2) is 15.0 Å². The van der Waals surface area contributed by atoms with Gasteiger partial charge in [0.2, 0.25) is 11.9 Å². The molecule has 198 valence electrons. The quantitative estimate of drug-likeness (QED) is 0.543. The fraction of sp³-hybridized carbons (Fsp3) is 0.444. The molecule has 0 spiro atoms. The Morgan fingerprint density at radius 3 is 2.37 bits per heavy atom. The van der Waals surface area contributed by atoms with Gasteiger partial charge in [0.1, 0.15) is 5.82 Å². The van der Waals surface area contributed by atoms with Gasteiger partial charge < -0.3 is 29.5 Å². The summed E-state index contributed by atoms with van der Waals surface area (Å²) in [5, 5.41) is 2.97. The molecule has 6 rings (SSSR count). The lowest BCUT2D eigenvalue weighted by Crippen LogP contribution is -2.41. The number of aromatic nitrogens is 4. The summed E-state index contributed by atoms with van der Waals surface area (Å²) < 4.78 is 11.0. The van der Waals surface area contributed by atoms with Crippen molar-refractivity contribution in [1.29, 1.82) is 0 Å². The van der Waals surface area contributed by atoms with Crippen LogP contribution in [0, 0.1) is 6.92 Å². The largest absolute Gasteiger partial charge is 0.378 e. The number of morpholine rings is 2. The van der Waals surface area contributed by atoms with Crippen molar-refractivity contribution in [2.75, 3.05) is 81.3 Å². The molecule has 11 heteroatoms. The molecule has 0 saturated carbocycles. The van der Waals surface area contributed by atoms with E-state index >= 15 is 0 Å². The van der Waals surface area contributed by atoms with Crippen molar-refractivity contribution in [3.8, 4) is 11.3 Å². The number of anilines is 4. The van der Waals surface area contributed by atoms with Gasteiger partial charge in [-0.3, -0.25) is 4.79 Å². The predicted molar refractivity (Wildman–Crippen MR) is 144 cm³/mol. The molecule has 0 aliphatic carbocycles. The number of rotatable bonds is 5. The van der Waals surface area contributed by atoms with Gasteiger partial charge in [0.25, 0.3) is 5.91 Å². The van der Waals surface area contributed by atoms with E-state index in [1.54, 1.807) is 19.4 Å². The second-order valence-corrected chi connectivity index (χ2v) is 9.58. The molecule has 38 heavy (non-hydrogen) atoms. The molecule has 0 unspecified atom stereocenters. The number of fused-ring (bicyclic) bond motifs is 1. The van der Waals surface area contributed by atoms with Crippen LogP contribution in [0.15, 0.2) is 30.6 Å². The number of ether oxygens (including phenoxy) is 2. The second kappa shape index (κ2) is 10.5. The van der Waals surface area contributed by atoms with Gasteiger partial charge in [-0.05, 0) is 31.0 Å². The van der Waals surface area contributed by atoms with Gasteiger partial charge in [-0.15, -0.1) is 0 Å². The van der Waals surface area contributed by atoms with E-state index in [1.165, 1.54) is 0 Å². The van der Waals surface area contributed by atoms with Crippen molar-refractivity contribution >= 4 is 29.3 Å². The maximum Gasteiger partial charge on any atom is 0.254 e. The molecular formula is C27H32N8O3. The summed E-state index contributed by atoms with van der Waals surface area (Å²) in [6.45, 7) is 7.90. The highest BCUT2D eigenvalue weighted by Crippen LogP contribution is 2.40. The van der Waals surface area contributed by atoms with E-state index in [4.69, 9.17) is 19.4 Å². The van der Waals surface area contributed by atoms with Crippen LogP contribution in [0.3, 0.4) is 0 Å². The first kappa shape index (κ1) is 24.5. The minimum absolute atomic E-state index is 0.0474. The van der Waals surface area contributed by atoms with Gasteiger partial charge in [-0.2, -0.15) is 4.98 Å². The van der Waals surface area contributed by atoms with Gasteiger partial charge in [0.05, 0.1) is 32.1 Å². The summed E-state index contributed by atoms with van der Waals surface area (Å²) in [6, 6.07) is 5.95. The van der Waals surface area contributed by atoms with Crippen LogP contribution in [0.2, 0.25) is 0 Å². The predicted octanol–water partition coefficient (Wildman–Crippen LogP) is 2.29. The highest BCUT2D eigenvalue weighted by Gasteiger charge is 2.31. The highest BCUT2D eigenvalue weighted by atomic mass is 16.5. The molecule has 11 nitrogen and oxygen atoms in total. The van der Waals surface area contributed by atoms with Crippen LogP contribution in [0.25, 0.3) is 11.3 Å². The third-order valence-corrected chi connectivity index (χ3v) is 7.38. The Morgan fingerprint density at radius 1 is 0.947 bits per heavy atom. The molecule has 1 aromatic carbocycles. The van der Waals surface area contributed by atoms with Crippen molar-refractivity contribution in [3.63, 3.8) is 0 Å². The number of hydrogen-bond acceptors (Lipinski definition) is 10. The van der Waals surface area contributed by atoms with Gasteiger partial charge in [0.15, 0.2) is 0 Å². The van der Waals surface area contributed by atoms with Crippen molar-refractivity contribution in [1.82, 2.24) is 24.8 Å². The lowest BCUT2D eigenvalue weighted by atomic mass is 10.0. The Morgan fingerprint density at radius 2 is 1.66 bits per heavy atom. The average molecular weight is 517 g/mol. The van der Waals surface area contributed by atoms with Gasteiger partial charge in [-0.1, -0.05) is 6.07 Å². The minimum Gasteiger partial charge on any atom is -0.378 e. The third-order valence-electron chi connectivity index (χ3n) is 7.38. The van der Waals surface area contributed by atoms with Crippen LogP contribution in [-0.2, 0) is 15.9 Å². The molecule has 5 heterocycles. The third kappa shape index (κ3) is 4.52. The smallest absolute Gasteiger partial charge is 0.254 e. The molecule has 2 aromatic heterocycles. The number of carbonyl (C=O) groups excluding carboxylic acids is 1. The highest BCUT2D eigenvalue weighted by molar-refractivity contribution is 5.97. The molecule has 2 fully saturated rings. The summed E-state index contributed by atoms with van der Waals surface area (Å²) in [4.78, 5) is 38.6. The van der Waals surface area contributed by atoms with Crippen LogP contribution < -0.4 is 15.1 Å². The molecule has 0 atom stereocenters. The SMILES string of the molecule is CNc1ncc(-c2nc(N3CCOCC3)nc3c2CCN3c2cccc(C(=O)N3CCOCC3)c2C)cn1. The standard InChI is InChI=1S/C27H32N8O3/c1-18-20(25(36)33-8-12-37-13-9-33)4-3-5-22(18)35-7-6-21-23(19-16-29-26(28-2)30-17-19)31-27(32-24(21)35)34-10-14-38-15-11-34/h3-5,16-17H,6-15H2,1-2H3,(H,28,29,30). The molecule has 1 amide bonds. The normalized spacial score (nSPS) is 17.5.